The molecule has 0 spiro atoms. The number of ether oxygens (including phenoxy) is 1. The van der Waals surface area contributed by atoms with Gasteiger partial charge in [-0.25, -0.2) is 0 Å². The number of nitrogens with zero attached hydrogens (tertiary/aromatic N) is 2. The van der Waals surface area contributed by atoms with Crippen LogP contribution in [-0.4, -0.2) is 41.0 Å². The maximum Gasteiger partial charge on any atom is 0.269 e. The lowest BCUT2D eigenvalue weighted by Gasteiger charge is -2.58. The number of non-ortho nitro benzene ring substituents is 1. The van der Waals surface area contributed by atoms with Crippen LogP contribution in [0.5, 0.6) is 0 Å². The molecule has 9 heteroatoms. The van der Waals surface area contributed by atoms with Crippen LogP contribution in [-0.2, 0) is 16.1 Å². The van der Waals surface area contributed by atoms with Crippen molar-refractivity contribution in [3.8, 4) is 0 Å². The molecule has 1 aromatic rings. The third-order valence-electron chi connectivity index (χ3n) is 5.21. The van der Waals surface area contributed by atoms with Crippen molar-refractivity contribution in [2.45, 2.75) is 45.4 Å². The third kappa shape index (κ3) is 3.81. The molecule has 0 aromatic heterocycles. The summed E-state index contributed by atoms with van der Waals surface area (Å²) in [6.45, 7) is 6.46. The molecule has 26 heavy (non-hydrogen) atoms. The highest BCUT2D eigenvalue weighted by molar-refractivity contribution is 6.31. The molecule has 7 nitrogen and oxygen atoms in total. The Hall–Kier alpha value is -1.41. The number of hydrogen-bond acceptors (Lipinski definition) is 5. The molecule has 0 radical (unpaired) electrons. The van der Waals surface area contributed by atoms with E-state index in [1.54, 1.807) is 7.05 Å². The summed E-state index contributed by atoms with van der Waals surface area (Å²) in [4.78, 5) is 24.8. The summed E-state index contributed by atoms with van der Waals surface area (Å²) >= 11 is 6.12. The van der Waals surface area contributed by atoms with Gasteiger partial charge < -0.3 is 15.4 Å². The maximum absolute atomic E-state index is 12.9. The predicted octanol–water partition coefficient (Wildman–Crippen LogP) is 3.16. The number of amides is 1. The van der Waals surface area contributed by atoms with Gasteiger partial charge in [-0.2, -0.15) is 0 Å². The van der Waals surface area contributed by atoms with Gasteiger partial charge in [-0.3, -0.25) is 14.9 Å². The molecular weight excluding hydrogens is 381 g/mol. The van der Waals surface area contributed by atoms with Gasteiger partial charge in [-0.1, -0.05) is 25.4 Å². The van der Waals surface area contributed by atoms with E-state index >= 15 is 0 Å². The molecule has 0 bridgehead atoms. The van der Waals surface area contributed by atoms with E-state index in [0.29, 0.717) is 23.6 Å². The molecule has 1 aliphatic carbocycles. The van der Waals surface area contributed by atoms with Crippen LogP contribution in [0.3, 0.4) is 0 Å². The largest absolute Gasteiger partial charge is 0.378 e. The Bertz CT molecular complexity index is 699. The van der Waals surface area contributed by atoms with E-state index < -0.39 is 15.9 Å². The standard InChI is InChI=1S/C17H24ClN3O4.ClH/c1-5-25-14-9-17(19,16(14,2)3)15(22)20(4)10-11-8-12(21(23)24)6-7-13(11)18;/h6-8,14H,5,9-10,19H2,1-4H3;1H. The number of nitro benzene ring substituents is 1. The molecule has 0 heterocycles. The van der Waals surface area contributed by atoms with Crippen LogP contribution in [0.15, 0.2) is 18.2 Å². The number of nitrogens with two attached hydrogens (primary N) is 1. The van der Waals surface area contributed by atoms with E-state index in [-0.39, 0.29) is 36.7 Å². The molecule has 1 aliphatic rings. The lowest BCUT2D eigenvalue weighted by atomic mass is 9.54. The number of rotatable bonds is 6. The van der Waals surface area contributed by atoms with Gasteiger partial charge in [-0.15, -0.1) is 12.4 Å². The lowest BCUT2D eigenvalue weighted by Crippen LogP contribution is -2.75. The minimum Gasteiger partial charge on any atom is -0.378 e. The van der Waals surface area contributed by atoms with Gasteiger partial charge in [0.25, 0.3) is 5.69 Å². The lowest BCUT2D eigenvalue weighted by molar-refractivity contribution is -0.384. The summed E-state index contributed by atoms with van der Waals surface area (Å²) in [5.74, 6) is -0.226. The van der Waals surface area contributed by atoms with Crippen LogP contribution in [0.1, 0.15) is 32.8 Å². The zero-order valence-electron chi connectivity index (χ0n) is 15.3. The average Bonchev–Trinajstić information content (AvgIpc) is 2.55. The van der Waals surface area contributed by atoms with Crippen molar-refractivity contribution in [1.82, 2.24) is 4.90 Å². The summed E-state index contributed by atoms with van der Waals surface area (Å²) in [5, 5.41) is 11.3. The van der Waals surface area contributed by atoms with E-state index in [4.69, 9.17) is 22.1 Å². The van der Waals surface area contributed by atoms with Gasteiger partial charge in [0, 0.05) is 49.2 Å². The summed E-state index contributed by atoms with van der Waals surface area (Å²) < 4.78 is 5.65. The van der Waals surface area contributed by atoms with Crippen molar-refractivity contribution < 1.29 is 14.5 Å². The second kappa shape index (κ2) is 8.08. The first-order valence-corrected chi connectivity index (χ1v) is 8.51. The molecule has 1 aromatic carbocycles. The number of nitro groups is 1. The predicted molar refractivity (Wildman–Crippen MR) is 103 cm³/mol. The number of benzene rings is 1. The quantitative estimate of drug-likeness (QED) is 0.578. The Balaban J connectivity index is 0.00000338. The number of carbonyl (C=O) groups excluding carboxylic acids is 1. The van der Waals surface area contributed by atoms with Crippen molar-refractivity contribution in [3.05, 3.63) is 38.9 Å². The zero-order valence-corrected chi connectivity index (χ0v) is 16.9. The Labute approximate surface area is 164 Å². The Morgan fingerprint density at radius 1 is 1.50 bits per heavy atom. The van der Waals surface area contributed by atoms with Crippen LogP contribution < -0.4 is 5.73 Å². The van der Waals surface area contributed by atoms with Crippen LogP contribution in [0.2, 0.25) is 5.02 Å². The number of likely N-dealkylation sites (N-methyl/N-ethyl adjacent to an activating group) is 1. The monoisotopic (exact) mass is 405 g/mol. The van der Waals surface area contributed by atoms with E-state index in [1.807, 2.05) is 20.8 Å². The van der Waals surface area contributed by atoms with Crippen LogP contribution in [0, 0.1) is 15.5 Å². The van der Waals surface area contributed by atoms with Crippen LogP contribution in [0.4, 0.5) is 5.69 Å². The number of carbonyl (C=O) groups is 1. The Morgan fingerprint density at radius 3 is 2.62 bits per heavy atom. The second-order valence-electron chi connectivity index (χ2n) is 7.04. The smallest absolute Gasteiger partial charge is 0.269 e. The molecule has 1 fully saturated rings. The summed E-state index contributed by atoms with van der Waals surface area (Å²) in [7, 11) is 1.62. The summed E-state index contributed by atoms with van der Waals surface area (Å²) in [6, 6.07) is 4.17. The fourth-order valence-electron chi connectivity index (χ4n) is 3.26. The first-order chi connectivity index (χ1) is 11.5. The molecule has 0 saturated heterocycles. The van der Waals surface area contributed by atoms with E-state index in [9.17, 15) is 14.9 Å². The normalized spacial score (nSPS) is 23.5. The first-order valence-electron chi connectivity index (χ1n) is 8.13. The fourth-order valence-corrected chi connectivity index (χ4v) is 3.44. The molecular formula is C17H25Cl2N3O4. The van der Waals surface area contributed by atoms with Crippen molar-refractivity contribution in [3.63, 3.8) is 0 Å². The molecule has 2 N–H and O–H groups in total. The highest BCUT2D eigenvalue weighted by atomic mass is 35.5. The van der Waals surface area contributed by atoms with Crippen LogP contribution >= 0.6 is 24.0 Å². The van der Waals surface area contributed by atoms with Gasteiger partial charge in [-0.05, 0) is 18.6 Å². The zero-order chi connectivity index (χ0) is 19.0. The summed E-state index contributed by atoms with van der Waals surface area (Å²) in [5.41, 5.74) is 5.31. The Morgan fingerprint density at radius 2 is 2.12 bits per heavy atom. The number of hydrogen-bond donors (Lipinski definition) is 1. The highest BCUT2D eigenvalue weighted by Crippen LogP contribution is 2.50. The number of halogens is 2. The maximum atomic E-state index is 12.9. The molecule has 146 valence electrons. The SMILES string of the molecule is CCOC1CC(N)(C(=O)N(C)Cc2cc([N+](=O)[O-])ccc2Cl)C1(C)C.Cl. The minimum absolute atomic E-state index is 0. The second-order valence-corrected chi connectivity index (χ2v) is 7.44. The first kappa shape index (κ1) is 22.6. The van der Waals surface area contributed by atoms with Crippen molar-refractivity contribution in [2.75, 3.05) is 13.7 Å². The molecule has 1 saturated carbocycles. The highest BCUT2D eigenvalue weighted by Gasteiger charge is 2.63. The Kier molecular flexibility index (Phi) is 7.04. The van der Waals surface area contributed by atoms with Gasteiger partial charge in [0.15, 0.2) is 0 Å². The molecule has 2 rings (SSSR count). The summed E-state index contributed by atoms with van der Waals surface area (Å²) in [6.07, 6.45) is 0.376. The van der Waals surface area contributed by atoms with Gasteiger partial charge in [0.2, 0.25) is 5.91 Å². The van der Waals surface area contributed by atoms with Gasteiger partial charge in [0.1, 0.15) is 5.54 Å². The minimum atomic E-state index is -1.03. The van der Waals surface area contributed by atoms with Crippen LogP contribution in [0.25, 0.3) is 0 Å². The van der Waals surface area contributed by atoms with Gasteiger partial charge in [0.05, 0.1) is 11.0 Å². The fraction of sp³-hybridized carbons (Fsp3) is 0.588. The molecule has 2 unspecified atom stereocenters. The third-order valence-corrected chi connectivity index (χ3v) is 5.57. The van der Waals surface area contributed by atoms with Crippen molar-refractivity contribution >= 4 is 35.6 Å². The molecule has 1 amide bonds. The van der Waals surface area contributed by atoms with Gasteiger partial charge >= 0.3 is 0 Å². The van der Waals surface area contributed by atoms with E-state index in [2.05, 4.69) is 0 Å². The molecule has 2 atom stereocenters. The molecule has 0 aliphatic heterocycles. The van der Waals surface area contributed by atoms with E-state index in [1.165, 1.54) is 23.1 Å². The van der Waals surface area contributed by atoms with Crippen molar-refractivity contribution in [1.29, 1.82) is 0 Å². The van der Waals surface area contributed by atoms with Crippen molar-refractivity contribution in [2.24, 2.45) is 11.1 Å². The average molecular weight is 406 g/mol. The topological polar surface area (TPSA) is 98.7 Å². The van der Waals surface area contributed by atoms with E-state index in [0.717, 1.165) is 0 Å².